The zero-order chi connectivity index (χ0) is 18.2. The van der Waals surface area contributed by atoms with Crippen LogP contribution in [0.5, 0.6) is 0 Å². The Balaban J connectivity index is 1.89. The minimum absolute atomic E-state index is 0.697. The molecule has 0 saturated heterocycles. The molecule has 128 valence electrons. The molecule has 4 aromatic carbocycles. The fraction of sp³-hybridized carbons (Fsp3) is 0. The average Bonchev–Trinajstić information content (AvgIpc) is 2.74. The van der Waals surface area contributed by atoms with Crippen molar-refractivity contribution in [2.75, 3.05) is 0 Å². The van der Waals surface area contributed by atoms with Gasteiger partial charge in [0.2, 0.25) is 10.7 Å². The molecule has 0 N–H and O–H groups in total. The van der Waals surface area contributed by atoms with Crippen LogP contribution in [-0.2, 0) is 4.57 Å². The number of hydrogen-bond donors (Lipinski definition) is 0. The van der Waals surface area contributed by atoms with Crippen molar-refractivity contribution in [3.8, 4) is 22.3 Å². The van der Waals surface area contributed by atoms with Crippen LogP contribution in [0.4, 0.5) is 0 Å². The molecule has 3 heteroatoms. The number of fused-ring (bicyclic) bond motifs is 3. The molecule has 5 rings (SSSR count). The molecule has 1 heterocycles. The normalized spacial score (nSPS) is 11.8. The predicted molar refractivity (Wildman–Crippen MR) is 112 cm³/mol. The zero-order valence-corrected chi connectivity index (χ0v) is 15.4. The van der Waals surface area contributed by atoms with Crippen LogP contribution in [0.25, 0.3) is 43.7 Å². The quantitative estimate of drug-likeness (QED) is 0.300. The van der Waals surface area contributed by atoms with E-state index in [0.29, 0.717) is 5.58 Å². The van der Waals surface area contributed by atoms with Gasteiger partial charge in [0.05, 0.1) is 0 Å². The van der Waals surface area contributed by atoms with Crippen LogP contribution < -0.4 is 0 Å². The van der Waals surface area contributed by atoms with Crippen LogP contribution >= 0.6 is 7.65 Å². The van der Waals surface area contributed by atoms with Gasteiger partial charge in [0.15, 0.2) is 0 Å². The molecule has 0 aliphatic heterocycles. The zero-order valence-electron chi connectivity index (χ0n) is 14.5. The van der Waals surface area contributed by atoms with Crippen LogP contribution in [0.2, 0.25) is 0 Å². The Hall–Kier alpha value is -3.22. The topological polar surface area (TPSA) is 30.2 Å². The summed E-state index contributed by atoms with van der Waals surface area (Å²) in [5.74, 6) is 0. The largest absolute Gasteiger partial charge is 0.598 e. The van der Waals surface area contributed by atoms with E-state index in [4.69, 9.17) is 4.20 Å². The van der Waals surface area contributed by atoms with E-state index in [9.17, 15) is 4.57 Å². The molecular formula is C24H16O2P+. The smallest absolute Gasteiger partial charge is 0.249 e. The van der Waals surface area contributed by atoms with E-state index < -0.39 is 7.65 Å². The van der Waals surface area contributed by atoms with Gasteiger partial charge < -0.3 is 0 Å². The highest BCUT2D eigenvalue weighted by Crippen LogP contribution is 2.43. The molecule has 1 unspecified atom stereocenters. The van der Waals surface area contributed by atoms with Crippen LogP contribution in [0.3, 0.4) is 0 Å². The lowest BCUT2D eigenvalue weighted by Gasteiger charge is -2.06. The molecule has 2 nitrogen and oxygen atoms in total. The first-order valence-electron chi connectivity index (χ1n) is 8.85. The van der Waals surface area contributed by atoms with Gasteiger partial charge >= 0.3 is 7.65 Å². The molecule has 0 bridgehead atoms. The highest BCUT2D eigenvalue weighted by Gasteiger charge is 2.23. The maximum atomic E-state index is 13.2. The molecule has 0 aliphatic carbocycles. The summed E-state index contributed by atoms with van der Waals surface area (Å²) in [6.07, 6.45) is 0. The fourth-order valence-electron chi connectivity index (χ4n) is 3.63. The van der Waals surface area contributed by atoms with Crippen molar-refractivity contribution in [1.82, 2.24) is 0 Å². The van der Waals surface area contributed by atoms with E-state index in [1.165, 1.54) is 0 Å². The van der Waals surface area contributed by atoms with E-state index in [0.717, 1.165) is 38.1 Å². The third kappa shape index (κ3) is 2.66. The van der Waals surface area contributed by atoms with E-state index in [1.807, 2.05) is 97.1 Å². The Labute approximate surface area is 157 Å². The summed E-state index contributed by atoms with van der Waals surface area (Å²) in [6, 6.07) is 32.3. The summed E-state index contributed by atoms with van der Waals surface area (Å²) in [5, 5.41) is 2.74. The van der Waals surface area contributed by atoms with Crippen molar-refractivity contribution in [3.05, 3.63) is 97.1 Å². The van der Waals surface area contributed by atoms with Gasteiger partial charge in [-0.2, -0.15) is 0 Å². The van der Waals surface area contributed by atoms with Gasteiger partial charge in [-0.3, -0.25) is 0 Å². The van der Waals surface area contributed by atoms with Crippen molar-refractivity contribution < 1.29 is 8.76 Å². The van der Waals surface area contributed by atoms with Crippen molar-refractivity contribution in [3.63, 3.8) is 0 Å². The molecule has 0 saturated carbocycles. The van der Waals surface area contributed by atoms with E-state index in [-0.39, 0.29) is 0 Å². The van der Waals surface area contributed by atoms with Gasteiger partial charge in [-0.1, -0.05) is 84.9 Å². The Morgan fingerprint density at radius 2 is 1.11 bits per heavy atom. The number of hydrogen-bond acceptors (Lipinski definition) is 2. The van der Waals surface area contributed by atoms with Gasteiger partial charge in [-0.25, -0.2) is 4.20 Å². The Morgan fingerprint density at radius 1 is 0.556 bits per heavy atom. The maximum absolute atomic E-state index is 13.2. The second-order valence-corrected chi connectivity index (χ2v) is 7.61. The summed E-state index contributed by atoms with van der Waals surface area (Å²) in [7, 11) is -2.00. The average molecular weight is 367 g/mol. The second kappa shape index (κ2) is 6.50. The Morgan fingerprint density at radius 3 is 1.78 bits per heavy atom. The first-order valence-corrected chi connectivity index (χ1v) is 10.0. The fourth-order valence-corrected chi connectivity index (χ4v) is 4.88. The standard InChI is InChI=1S/C24H16O2P/c25-27-24-20(18-11-5-2-6-12-18)14-8-16-22(24)21-15-7-13-19(23(21)26-27)17-9-3-1-4-10-17/h1-16H/q+1. The first-order chi connectivity index (χ1) is 13.3. The molecule has 1 aromatic heterocycles. The summed E-state index contributed by atoms with van der Waals surface area (Å²) < 4.78 is 19.2. The summed E-state index contributed by atoms with van der Waals surface area (Å²) in [6.45, 7) is 0. The maximum Gasteiger partial charge on any atom is 0.598 e. The van der Waals surface area contributed by atoms with Crippen LogP contribution in [0, 0.1) is 0 Å². The van der Waals surface area contributed by atoms with Gasteiger partial charge in [-0.15, -0.1) is 0 Å². The van der Waals surface area contributed by atoms with E-state index >= 15 is 0 Å². The van der Waals surface area contributed by atoms with Crippen molar-refractivity contribution in [1.29, 1.82) is 0 Å². The molecule has 0 fully saturated rings. The van der Waals surface area contributed by atoms with Crippen molar-refractivity contribution >= 4 is 29.1 Å². The third-order valence-corrected chi connectivity index (χ3v) is 6.06. The number of para-hydroxylation sites is 1. The minimum atomic E-state index is -2.00. The summed E-state index contributed by atoms with van der Waals surface area (Å²) >= 11 is 0. The first kappa shape index (κ1) is 16.0. The number of rotatable bonds is 2. The second-order valence-electron chi connectivity index (χ2n) is 6.46. The van der Waals surface area contributed by atoms with E-state index in [2.05, 4.69) is 0 Å². The van der Waals surface area contributed by atoms with Crippen LogP contribution in [-0.4, -0.2) is 0 Å². The predicted octanol–water partition coefficient (Wildman–Crippen LogP) is 7.66. The van der Waals surface area contributed by atoms with Gasteiger partial charge in [0.25, 0.3) is 0 Å². The molecule has 0 radical (unpaired) electrons. The lowest BCUT2D eigenvalue weighted by Crippen LogP contribution is -1.84. The SMILES string of the molecule is O=[p+]1oc2c(-c3ccccc3)cccc2c2cccc(-c3ccccc3)c21. The molecule has 0 aliphatic rings. The van der Waals surface area contributed by atoms with Crippen LogP contribution in [0.1, 0.15) is 0 Å². The highest BCUT2D eigenvalue weighted by molar-refractivity contribution is 7.37. The molecule has 0 amide bonds. The van der Waals surface area contributed by atoms with Crippen molar-refractivity contribution in [2.24, 2.45) is 0 Å². The van der Waals surface area contributed by atoms with Crippen LogP contribution in [0.15, 0.2) is 101 Å². The van der Waals surface area contributed by atoms with E-state index in [1.54, 1.807) is 0 Å². The van der Waals surface area contributed by atoms with Gasteiger partial charge in [-0.05, 0) is 27.8 Å². The monoisotopic (exact) mass is 367 g/mol. The lowest BCUT2D eigenvalue weighted by atomic mass is 9.99. The lowest BCUT2D eigenvalue weighted by molar-refractivity contribution is 0.563. The number of benzene rings is 4. The molecular weight excluding hydrogens is 351 g/mol. The van der Waals surface area contributed by atoms with Gasteiger partial charge in [0, 0.05) is 21.9 Å². The summed E-state index contributed by atoms with van der Waals surface area (Å²) in [4.78, 5) is 0. The molecule has 1 atom stereocenters. The summed E-state index contributed by atoms with van der Waals surface area (Å²) in [5.41, 5.74) is 4.73. The Kier molecular flexibility index (Phi) is 3.85. The highest BCUT2D eigenvalue weighted by atomic mass is 31.1. The molecule has 5 aromatic rings. The van der Waals surface area contributed by atoms with Gasteiger partial charge in [0.1, 0.15) is 0 Å². The molecule has 27 heavy (non-hydrogen) atoms. The molecule has 0 spiro atoms. The Bertz CT molecular complexity index is 1320. The van der Waals surface area contributed by atoms with Crippen molar-refractivity contribution in [2.45, 2.75) is 0 Å². The minimum Gasteiger partial charge on any atom is -0.249 e. The third-order valence-electron chi connectivity index (χ3n) is 4.87.